The van der Waals surface area contributed by atoms with Gasteiger partial charge in [0.2, 0.25) is 0 Å². The molecule has 30 heavy (non-hydrogen) atoms. The highest BCUT2D eigenvalue weighted by atomic mass is 32.1. The van der Waals surface area contributed by atoms with Crippen LogP contribution in [0.1, 0.15) is 23.0 Å². The van der Waals surface area contributed by atoms with Crippen LogP contribution >= 0.6 is 22.7 Å². The van der Waals surface area contributed by atoms with Crippen LogP contribution in [0.3, 0.4) is 0 Å². The number of fused-ring (bicyclic) bond motifs is 1. The lowest BCUT2D eigenvalue weighted by Gasteiger charge is -2.19. The van der Waals surface area contributed by atoms with Crippen molar-refractivity contribution in [3.8, 4) is 10.4 Å². The van der Waals surface area contributed by atoms with E-state index >= 15 is 0 Å². The third-order valence-electron chi connectivity index (χ3n) is 5.02. The summed E-state index contributed by atoms with van der Waals surface area (Å²) in [7, 11) is 0. The predicted molar refractivity (Wildman–Crippen MR) is 125 cm³/mol. The second-order valence-corrected chi connectivity index (χ2v) is 8.76. The van der Waals surface area contributed by atoms with Gasteiger partial charge in [-0.25, -0.2) is 4.98 Å². The van der Waals surface area contributed by atoms with Crippen LogP contribution in [0.2, 0.25) is 0 Å². The first-order valence-corrected chi connectivity index (χ1v) is 11.4. The van der Waals surface area contributed by atoms with Crippen molar-refractivity contribution in [2.75, 3.05) is 0 Å². The summed E-state index contributed by atoms with van der Waals surface area (Å²) in [6, 6.07) is 24.7. The molecule has 6 heteroatoms. The molecule has 3 aromatic heterocycles. The molecule has 4 nitrogen and oxygen atoms in total. The molecule has 0 saturated carbocycles. The van der Waals surface area contributed by atoms with Gasteiger partial charge in [-0.1, -0.05) is 66.7 Å². The summed E-state index contributed by atoms with van der Waals surface area (Å²) in [6.45, 7) is 0.464. The van der Waals surface area contributed by atoms with E-state index < -0.39 is 0 Å². The maximum Gasteiger partial charge on any atom is 0.260 e. The molecule has 5 aromatic rings. The maximum absolute atomic E-state index is 12.8. The Morgan fingerprint density at radius 2 is 1.60 bits per heavy atom. The van der Waals surface area contributed by atoms with Crippen molar-refractivity contribution in [2.24, 2.45) is 0 Å². The quantitative estimate of drug-likeness (QED) is 0.370. The molecule has 0 bridgehead atoms. The highest BCUT2D eigenvalue weighted by Crippen LogP contribution is 2.33. The zero-order valence-electron chi connectivity index (χ0n) is 16.0. The molecule has 3 heterocycles. The molecular formula is C24H19N3OS2. The normalized spacial score (nSPS) is 11.4. The van der Waals surface area contributed by atoms with Crippen LogP contribution in [-0.4, -0.2) is 9.97 Å². The third kappa shape index (κ3) is 3.73. The number of hydrogen-bond acceptors (Lipinski definition) is 5. The SMILES string of the molecule is O=c1[nH]c(CNC(c2ccccc2)c2ccccc2)nc2scc(-c3cccs3)c12. The Labute approximate surface area is 181 Å². The van der Waals surface area contributed by atoms with Crippen molar-refractivity contribution in [3.05, 3.63) is 111 Å². The second-order valence-electron chi connectivity index (χ2n) is 6.95. The van der Waals surface area contributed by atoms with Crippen LogP contribution in [0.25, 0.3) is 20.7 Å². The van der Waals surface area contributed by atoms with Gasteiger partial charge in [0, 0.05) is 15.8 Å². The number of aromatic amines is 1. The Kier molecular flexibility index (Phi) is 5.27. The fourth-order valence-corrected chi connectivity index (χ4v) is 5.39. The molecule has 0 fully saturated rings. The fourth-order valence-electron chi connectivity index (χ4n) is 3.61. The van der Waals surface area contributed by atoms with E-state index in [0.717, 1.165) is 15.3 Å². The molecule has 0 spiro atoms. The van der Waals surface area contributed by atoms with Gasteiger partial charge in [0.25, 0.3) is 5.56 Å². The number of nitrogens with zero attached hydrogens (tertiary/aromatic N) is 1. The second kappa shape index (κ2) is 8.36. The van der Waals surface area contributed by atoms with E-state index in [1.54, 1.807) is 11.3 Å². The Bertz CT molecular complexity index is 1270. The Morgan fingerprint density at radius 1 is 0.900 bits per heavy atom. The zero-order valence-corrected chi connectivity index (χ0v) is 17.7. The summed E-state index contributed by atoms with van der Waals surface area (Å²) in [4.78, 5) is 22.4. The van der Waals surface area contributed by atoms with Crippen LogP contribution in [-0.2, 0) is 6.54 Å². The summed E-state index contributed by atoms with van der Waals surface area (Å²) in [5.41, 5.74) is 3.22. The van der Waals surface area contributed by atoms with Crippen molar-refractivity contribution < 1.29 is 0 Å². The van der Waals surface area contributed by atoms with Gasteiger partial charge in [0.1, 0.15) is 10.7 Å². The van der Waals surface area contributed by atoms with Gasteiger partial charge in [0.15, 0.2) is 0 Å². The van der Waals surface area contributed by atoms with Gasteiger partial charge < -0.3 is 4.98 Å². The zero-order chi connectivity index (χ0) is 20.3. The van der Waals surface area contributed by atoms with E-state index in [1.807, 2.05) is 59.3 Å². The summed E-state index contributed by atoms with van der Waals surface area (Å²) in [5, 5.41) is 8.28. The molecule has 0 amide bonds. The minimum absolute atomic E-state index is 0.0124. The predicted octanol–water partition coefficient (Wildman–Crippen LogP) is 5.59. The van der Waals surface area contributed by atoms with Crippen molar-refractivity contribution >= 4 is 32.9 Å². The molecule has 0 saturated heterocycles. The molecule has 0 atom stereocenters. The van der Waals surface area contributed by atoms with E-state index in [1.165, 1.54) is 22.5 Å². The first-order valence-electron chi connectivity index (χ1n) is 9.67. The molecule has 0 aliphatic carbocycles. The maximum atomic E-state index is 12.8. The largest absolute Gasteiger partial charge is 0.309 e. The van der Waals surface area contributed by atoms with Crippen LogP contribution in [0.5, 0.6) is 0 Å². The van der Waals surface area contributed by atoms with E-state index in [4.69, 9.17) is 4.98 Å². The molecule has 2 aromatic carbocycles. The molecule has 0 aliphatic rings. The summed E-state index contributed by atoms with van der Waals surface area (Å²) >= 11 is 3.15. The van der Waals surface area contributed by atoms with Crippen LogP contribution < -0.4 is 10.9 Å². The molecule has 0 radical (unpaired) electrons. The average Bonchev–Trinajstić information content (AvgIpc) is 3.45. The highest BCUT2D eigenvalue weighted by molar-refractivity contribution is 7.18. The van der Waals surface area contributed by atoms with Gasteiger partial charge in [-0.15, -0.1) is 22.7 Å². The minimum Gasteiger partial charge on any atom is -0.309 e. The van der Waals surface area contributed by atoms with E-state index in [2.05, 4.69) is 34.6 Å². The van der Waals surface area contributed by atoms with E-state index in [0.29, 0.717) is 17.8 Å². The van der Waals surface area contributed by atoms with Crippen molar-refractivity contribution in [3.63, 3.8) is 0 Å². The first kappa shape index (κ1) is 18.9. The number of rotatable bonds is 6. The third-order valence-corrected chi connectivity index (χ3v) is 6.79. The average molecular weight is 430 g/mol. The van der Waals surface area contributed by atoms with Gasteiger partial charge in [-0.3, -0.25) is 10.1 Å². The topological polar surface area (TPSA) is 57.8 Å². The van der Waals surface area contributed by atoms with Crippen LogP contribution in [0, 0.1) is 0 Å². The van der Waals surface area contributed by atoms with Crippen molar-refractivity contribution in [1.82, 2.24) is 15.3 Å². The summed E-state index contributed by atoms with van der Waals surface area (Å²) < 4.78 is 0. The molecule has 0 unspecified atom stereocenters. The fraction of sp³-hybridized carbons (Fsp3) is 0.0833. The Morgan fingerprint density at radius 3 is 2.23 bits per heavy atom. The van der Waals surface area contributed by atoms with E-state index in [9.17, 15) is 4.79 Å². The smallest absolute Gasteiger partial charge is 0.260 e. The molecule has 148 valence electrons. The van der Waals surface area contributed by atoms with Gasteiger partial charge >= 0.3 is 0 Å². The monoisotopic (exact) mass is 429 g/mol. The van der Waals surface area contributed by atoms with Crippen LogP contribution in [0.15, 0.2) is 88.4 Å². The summed E-state index contributed by atoms with van der Waals surface area (Å²) in [5.74, 6) is 0.643. The molecule has 5 rings (SSSR count). The van der Waals surface area contributed by atoms with Gasteiger partial charge in [0.05, 0.1) is 18.0 Å². The number of aromatic nitrogens is 2. The molecule has 0 aliphatic heterocycles. The molecular weight excluding hydrogens is 410 g/mol. The lowest BCUT2D eigenvalue weighted by molar-refractivity contribution is 0.587. The Hall–Kier alpha value is -3.06. The van der Waals surface area contributed by atoms with Gasteiger partial charge in [-0.05, 0) is 22.6 Å². The van der Waals surface area contributed by atoms with Crippen molar-refractivity contribution in [2.45, 2.75) is 12.6 Å². The number of thiophene rings is 2. The van der Waals surface area contributed by atoms with E-state index in [-0.39, 0.29) is 11.6 Å². The van der Waals surface area contributed by atoms with Gasteiger partial charge in [-0.2, -0.15) is 0 Å². The number of hydrogen-bond donors (Lipinski definition) is 2. The highest BCUT2D eigenvalue weighted by Gasteiger charge is 2.16. The van der Waals surface area contributed by atoms with Crippen LogP contribution in [0.4, 0.5) is 0 Å². The number of H-pyrrole nitrogens is 1. The minimum atomic E-state index is -0.0857. The molecule has 2 N–H and O–H groups in total. The Balaban J connectivity index is 1.45. The standard InChI is InChI=1S/C24H19N3OS2/c28-23-21-18(19-12-7-13-29-19)15-30-24(21)27-20(26-23)14-25-22(16-8-3-1-4-9-16)17-10-5-2-6-11-17/h1-13,15,22,25H,14H2,(H,26,27,28). The summed E-state index contributed by atoms with van der Waals surface area (Å²) in [6.07, 6.45) is 0. The van der Waals surface area contributed by atoms with Crippen molar-refractivity contribution in [1.29, 1.82) is 0 Å². The lowest BCUT2D eigenvalue weighted by atomic mass is 9.99. The number of nitrogens with one attached hydrogen (secondary N) is 2. The first-order chi connectivity index (χ1) is 14.8. The lowest BCUT2D eigenvalue weighted by Crippen LogP contribution is -2.24. The number of benzene rings is 2.